The van der Waals surface area contributed by atoms with Crippen molar-refractivity contribution in [2.75, 3.05) is 19.0 Å². The Balaban J connectivity index is 1.69. The lowest BCUT2D eigenvalue weighted by Crippen LogP contribution is -2.21. The monoisotopic (exact) mass is 407 g/mol. The van der Waals surface area contributed by atoms with Gasteiger partial charge in [-0.15, -0.1) is 0 Å². The van der Waals surface area contributed by atoms with Gasteiger partial charge in [-0.2, -0.15) is 5.10 Å². The van der Waals surface area contributed by atoms with Crippen molar-refractivity contribution in [3.8, 4) is 11.4 Å². The Kier molecular flexibility index (Phi) is 6.20. The third-order valence-electron chi connectivity index (χ3n) is 4.74. The van der Waals surface area contributed by atoms with Gasteiger partial charge < -0.3 is 14.8 Å². The number of methoxy groups -OCH3 is 1. The molecule has 156 valence electrons. The van der Waals surface area contributed by atoms with Gasteiger partial charge in [0.1, 0.15) is 11.3 Å². The van der Waals surface area contributed by atoms with E-state index in [1.165, 1.54) is 7.11 Å². The number of amides is 1. The summed E-state index contributed by atoms with van der Waals surface area (Å²) in [6.07, 6.45) is 0. The zero-order valence-electron chi connectivity index (χ0n) is 17.8. The lowest BCUT2D eigenvalue weighted by atomic mass is 10.1. The van der Waals surface area contributed by atoms with Gasteiger partial charge in [0, 0.05) is 0 Å². The SMILES string of the molecule is COc1ccc(C)cc1C(=O)OCC(=O)Nc1c(C)nn(-c2ccc(C)cc2)c1C. The van der Waals surface area contributed by atoms with Gasteiger partial charge in [0.25, 0.3) is 5.91 Å². The number of carbonyl (C=O) groups excluding carboxylic acids is 2. The van der Waals surface area contributed by atoms with Crippen molar-refractivity contribution in [3.63, 3.8) is 0 Å². The highest BCUT2D eigenvalue weighted by molar-refractivity contribution is 5.97. The van der Waals surface area contributed by atoms with Crippen LogP contribution in [0.1, 0.15) is 32.9 Å². The van der Waals surface area contributed by atoms with E-state index in [0.29, 0.717) is 17.1 Å². The summed E-state index contributed by atoms with van der Waals surface area (Å²) in [4.78, 5) is 24.8. The molecule has 0 saturated heterocycles. The molecule has 3 rings (SSSR count). The molecule has 30 heavy (non-hydrogen) atoms. The van der Waals surface area contributed by atoms with E-state index in [0.717, 1.165) is 22.5 Å². The second-order valence-electron chi connectivity index (χ2n) is 7.12. The van der Waals surface area contributed by atoms with Crippen LogP contribution in [0.2, 0.25) is 0 Å². The maximum Gasteiger partial charge on any atom is 0.342 e. The molecule has 1 amide bonds. The van der Waals surface area contributed by atoms with Gasteiger partial charge >= 0.3 is 5.97 Å². The Morgan fingerprint density at radius 2 is 1.67 bits per heavy atom. The van der Waals surface area contributed by atoms with Gasteiger partial charge in [0.2, 0.25) is 0 Å². The predicted octanol–water partition coefficient (Wildman–Crippen LogP) is 3.91. The lowest BCUT2D eigenvalue weighted by Gasteiger charge is -2.10. The Labute approximate surface area is 175 Å². The molecular weight excluding hydrogens is 382 g/mol. The minimum atomic E-state index is -0.616. The molecule has 0 radical (unpaired) electrons. The van der Waals surface area contributed by atoms with E-state index in [9.17, 15) is 9.59 Å². The molecule has 0 unspecified atom stereocenters. The zero-order chi connectivity index (χ0) is 21.8. The standard InChI is InChI=1S/C23H25N3O4/c1-14-6-9-18(10-7-14)26-17(4)22(16(3)25-26)24-21(27)13-30-23(28)19-12-15(2)8-11-20(19)29-5/h6-12H,13H2,1-5H3,(H,24,27). The summed E-state index contributed by atoms with van der Waals surface area (Å²) in [6, 6.07) is 13.1. The van der Waals surface area contributed by atoms with E-state index in [4.69, 9.17) is 9.47 Å². The second kappa shape index (κ2) is 8.82. The fraction of sp³-hybridized carbons (Fsp3) is 0.261. The molecule has 0 fully saturated rings. The van der Waals surface area contributed by atoms with Crippen LogP contribution in [0, 0.1) is 27.7 Å². The molecule has 0 atom stereocenters. The summed E-state index contributed by atoms with van der Waals surface area (Å²) in [5, 5.41) is 7.31. The molecule has 0 aliphatic rings. The van der Waals surface area contributed by atoms with Crippen molar-refractivity contribution in [2.45, 2.75) is 27.7 Å². The van der Waals surface area contributed by atoms with Gasteiger partial charge in [-0.3, -0.25) is 4.79 Å². The zero-order valence-corrected chi connectivity index (χ0v) is 17.8. The minimum absolute atomic E-state index is 0.282. The van der Waals surface area contributed by atoms with Crippen molar-refractivity contribution in [1.82, 2.24) is 9.78 Å². The largest absolute Gasteiger partial charge is 0.496 e. The third-order valence-corrected chi connectivity index (χ3v) is 4.74. The van der Waals surface area contributed by atoms with Crippen molar-refractivity contribution >= 4 is 17.6 Å². The number of benzene rings is 2. The van der Waals surface area contributed by atoms with Crippen LogP contribution in [0.25, 0.3) is 5.69 Å². The number of esters is 1. The normalized spacial score (nSPS) is 10.6. The van der Waals surface area contributed by atoms with E-state index >= 15 is 0 Å². The van der Waals surface area contributed by atoms with Gasteiger partial charge in [0.05, 0.1) is 29.9 Å². The third kappa shape index (κ3) is 4.51. The maximum atomic E-state index is 12.4. The predicted molar refractivity (Wildman–Crippen MR) is 114 cm³/mol. The Morgan fingerprint density at radius 3 is 2.33 bits per heavy atom. The maximum absolute atomic E-state index is 12.4. The number of nitrogens with zero attached hydrogens (tertiary/aromatic N) is 2. The van der Waals surface area contributed by atoms with E-state index < -0.39 is 18.5 Å². The fourth-order valence-electron chi connectivity index (χ4n) is 3.13. The highest BCUT2D eigenvalue weighted by Gasteiger charge is 2.18. The number of aromatic nitrogens is 2. The Hall–Kier alpha value is -3.61. The summed E-state index contributed by atoms with van der Waals surface area (Å²) in [5.74, 6) is -0.656. The van der Waals surface area contributed by atoms with Crippen LogP contribution in [-0.4, -0.2) is 35.4 Å². The highest BCUT2D eigenvalue weighted by atomic mass is 16.5. The molecule has 1 N–H and O–H groups in total. The first-order valence-corrected chi connectivity index (χ1v) is 9.55. The number of nitrogens with one attached hydrogen (secondary N) is 1. The summed E-state index contributed by atoms with van der Waals surface area (Å²) in [5.41, 5.74) is 5.29. The lowest BCUT2D eigenvalue weighted by molar-refractivity contribution is -0.119. The average Bonchev–Trinajstić information content (AvgIpc) is 3.00. The number of aryl methyl sites for hydroxylation is 3. The number of ether oxygens (including phenoxy) is 2. The Morgan fingerprint density at radius 1 is 1.00 bits per heavy atom. The highest BCUT2D eigenvalue weighted by Crippen LogP contribution is 2.23. The van der Waals surface area contributed by atoms with Crippen LogP contribution >= 0.6 is 0 Å². The molecular formula is C23H25N3O4. The van der Waals surface area contributed by atoms with Crippen LogP contribution in [0.4, 0.5) is 5.69 Å². The van der Waals surface area contributed by atoms with E-state index in [-0.39, 0.29) is 5.56 Å². The number of anilines is 1. The van der Waals surface area contributed by atoms with E-state index in [2.05, 4.69) is 10.4 Å². The fourth-order valence-corrected chi connectivity index (χ4v) is 3.13. The van der Waals surface area contributed by atoms with Crippen molar-refractivity contribution in [3.05, 3.63) is 70.5 Å². The second-order valence-corrected chi connectivity index (χ2v) is 7.12. The smallest absolute Gasteiger partial charge is 0.342 e. The quantitative estimate of drug-likeness (QED) is 0.627. The van der Waals surface area contributed by atoms with Crippen molar-refractivity contribution in [2.24, 2.45) is 0 Å². The summed E-state index contributed by atoms with van der Waals surface area (Å²) in [6.45, 7) is 7.16. The molecule has 2 aromatic carbocycles. The molecule has 0 spiro atoms. The van der Waals surface area contributed by atoms with Gasteiger partial charge in [-0.25, -0.2) is 9.48 Å². The minimum Gasteiger partial charge on any atom is -0.496 e. The average molecular weight is 407 g/mol. The van der Waals surface area contributed by atoms with Gasteiger partial charge in [-0.1, -0.05) is 29.3 Å². The molecule has 0 bridgehead atoms. The summed E-state index contributed by atoms with van der Waals surface area (Å²) in [7, 11) is 1.48. The molecule has 1 aromatic heterocycles. The topological polar surface area (TPSA) is 82.4 Å². The molecule has 0 saturated carbocycles. The number of rotatable bonds is 6. The van der Waals surface area contributed by atoms with Gasteiger partial charge in [0.15, 0.2) is 6.61 Å². The van der Waals surface area contributed by atoms with Crippen LogP contribution < -0.4 is 10.1 Å². The molecule has 7 nitrogen and oxygen atoms in total. The molecule has 3 aromatic rings. The number of carbonyl (C=O) groups is 2. The van der Waals surface area contributed by atoms with Crippen LogP contribution in [0.3, 0.4) is 0 Å². The first-order chi connectivity index (χ1) is 14.3. The van der Waals surface area contributed by atoms with Crippen LogP contribution in [0.5, 0.6) is 5.75 Å². The number of hydrogen-bond acceptors (Lipinski definition) is 5. The summed E-state index contributed by atoms with van der Waals surface area (Å²) >= 11 is 0. The first-order valence-electron chi connectivity index (χ1n) is 9.55. The van der Waals surface area contributed by atoms with Gasteiger partial charge in [-0.05, 0) is 52.0 Å². The van der Waals surface area contributed by atoms with Crippen LogP contribution in [0.15, 0.2) is 42.5 Å². The molecule has 0 aliphatic heterocycles. The van der Waals surface area contributed by atoms with Crippen LogP contribution in [-0.2, 0) is 9.53 Å². The van der Waals surface area contributed by atoms with E-state index in [1.54, 1.807) is 16.8 Å². The van der Waals surface area contributed by atoms with E-state index in [1.807, 2.05) is 58.0 Å². The van der Waals surface area contributed by atoms with Crippen molar-refractivity contribution in [1.29, 1.82) is 0 Å². The van der Waals surface area contributed by atoms with Crippen molar-refractivity contribution < 1.29 is 19.1 Å². The first kappa shape index (κ1) is 21.1. The Bertz CT molecular complexity index is 1080. The summed E-state index contributed by atoms with van der Waals surface area (Å²) < 4.78 is 12.2. The molecule has 0 aliphatic carbocycles. The molecule has 1 heterocycles. The molecule has 7 heteroatoms. The number of hydrogen-bond donors (Lipinski definition) is 1.